The van der Waals surface area contributed by atoms with Crippen LogP contribution < -0.4 is 14.4 Å². The van der Waals surface area contributed by atoms with Crippen LogP contribution in [0.5, 0.6) is 11.5 Å². The van der Waals surface area contributed by atoms with Crippen LogP contribution in [0.2, 0.25) is 5.02 Å². The number of halogens is 1. The first-order valence-corrected chi connectivity index (χ1v) is 7.34. The van der Waals surface area contributed by atoms with Crippen LogP contribution in [0.15, 0.2) is 36.4 Å². The van der Waals surface area contributed by atoms with Crippen LogP contribution in [-0.4, -0.2) is 26.7 Å². The molecule has 3 rings (SSSR count). The first-order valence-electron chi connectivity index (χ1n) is 6.96. The number of anilines is 1. The van der Waals surface area contributed by atoms with Gasteiger partial charge in [-0.15, -0.1) is 0 Å². The lowest BCUT2D eigenvalue weighted by Crippen LogP contribution is -2.28. The molecule has 2 aromatic carbocycles. The largest absolute Gasteiger partial charge is 0.493 e. The number of amides is 1. The normalized spacial score (nSPS) is 13.0. The van der Waals surface area contributed by atoms with Gasteiger partial charge in [0.05, 0.1) is 14.2 Å². The molecule has 0 fully saturated rings. The van der Waals surface area contributed by atoms with Crippen molar-refractivity contribution in [3.8, 4) is 11.5 Å². The Bertz CT molecular complexity index is 730. The SMILES string of the molecule is COc1ccc(C(=O)N2CCc3cc(Cl)ccc32)cc1OC. The molecule has 0 saturated carbocycles. The number of benzene rings is 2. The van der Waals surface area contributed by atoms with Crippen LogP contribution in [0.4, 0.5) is 5.69 Å². The molecule has 1 aliphatic rings. The maximum atomic E-state index is 12.8. The highest BCUT2D eigenvalue weighted by Crippen LogP contribution is 2.33. The number of hydrogen-bond acceptors (Lipinski definition) is 3. The van der Waals surface area contributed by atoms with Crippen LogP contribution in [0.1, 0.15) is 15.9 Å². The number of nitrogens with zero attached hydrogens (tertiary/aromatic N) is 1. The molecule has 0 aromatic heterocycles. The molecule has 0 spiro atoms. The lowest BCUT2D eigenvalue weighted by Gasteiger charge is -2.18. The summed E-state index contributed by atoms with van der Waals surface area (Å²) in [5, 5.41) is 0.694. The topological polar surface area (TPSA) is 38.8 Å². The minimum Gasteiger partial charge on any atom is -0.493 e. The number of fused-ring (bicyclic) bond motifs is 1. The maximum absolute atomic E-state index is 12.8. The summed E-state index contributed by atoms with van der Waals surface area (Å²) in [6.07, 6.45) is 0.814. The van der Waals surface area contributed by atoms with Gasteiger partial charge < -0.3 is 14.4 Å². The predicted octanol–water partition coefficient (Wildman–Crippen LogP) is 3.56. The van der Waals surface area contributed by atoms with E-state index in [2.05, 4.69) is 0 Å². The van der Waals surface area contributed by atoms with Crippen molar-refractivity contribution < 1.29 is 14.3 Å². The third-order valence-electron chi connectivity index (χ3n) is 3.81. The molecule has 1 aliphatic heterocycles. The summed E-state index contributed by atoms with van der Waals surface area (Å²) in [5.41, 5.74) is 2.59. The van der Waals surface area contributed by atoms with Crippen LogP contribution in [0, 0.1) is 0 Å². The summed E-state index contributed by atoms with van der Waals surface area (Å²) < 4.78 is 10.5. The Morgan fingerprint density at radius 1 is 1.09 bits per heavy atom. The van der Waals surface area contributed by atoms with Crippen molar-refractivity contribution in [2.45, 2.75) is 6.42 Å². The zero-order valence-electron chi connectivity index (χ0n) is 12.4. The first-order chi connectivity index (χ1) is 10.6. The average Bonchev–Trinajstić information content (AvgIpc) is 2.96. The molecular formula is C17H16ClNO3. The number of ether oxygens (including phenoxy) is 2. The highest BCUT2D eigenvalue weighted by Gasteiger charge is 2.26. The number of rotatable bonds is 3. The molecule has 4 nitrogen and oxygen atoms in total. The van der Waals surface area contributed by atoms with Crippen molar-refractivity contribution in [2.75, 3.05) is 25.7 Å². The van der Waals surface area contributed by atoms with E-state index in [0.717, 1.165) is 17.7 Å². The lowest BCUT2D eigenvalue weighted by atomic mass is 10.1. The summed E-state index contributed by atoms with van der Waals surface area (Å²) in [7, 11) is 3.12. The van der Waals surface area contributed by atoms with Crippen LogP contribution >= 0.6 is 11.6 Å². The molecule has 1 heterocycles. The second-order valence-electron chi connectivity index (χ2n) is 5.05. The molecule has 0 bridgehead atoms. The second-order valence-corrected chi connectivity index (χ2v) is 5.49. The number of methoxy groups -OCH3 is 2. The van der Waals surface area contributed by atoms with Gasteiger partial charge >= 0.3 is 0 Å². The standard InChI is InChI=1S/C17H16ClNO3/c1-21-15-6-3-12(10-16(15)22-2)17(20)19-8-7-11-9-13(18)4-5-14(11)19/h3-6,9-10H,7-8H2,1-2H3. The van der Waals surface area contributed by atoms with Gasteiger partial charge in [-0.2, -0.15) is 0 Å². The quantitative estimate of drug-likeness (QED) is 0.869. The zero-order chi connectivity index (χ0) is 15.7. The van der Waals surface area contributed by atoms with E-state index in [4.69, 9.17) is 21.1 Å². The molecule has 0 N–H and O–H groups in total. The molecule has 0 aliphatic carbocycles. The van der Waals surface area contributed by atoms with Crippen molar-refractivity contribution in [3.05, 3.63) is 52.5 Å². The third kappa shape index (κ3) is 2.50. The summed E-state index contributed by atoms with van der Waals surface area (Å²) in [6, 6.07) is 10.8. The van der Waals surface area contributed by atoms with Gasteiger partial charge in [0.15, 0.2) is 11.5 Å². The Kier molecular flexibility index (Phi) is 3.94. The summed E-state index contributed by atoms with van der Waals surface area (Å²) in [4.78, 5) is 14.5. The highest BCUT2D eigenvalue weighted by molar-refractivity contribution is 6.30. The molecule has 0 unspecified atom stereocenters. The van der Waals surface area contributed by atoms with E-state index in [1.165, 1.54) is 0 Å². The van der Waals surface area contributed by atoms with Crippen molar-refractivity contribution in [1.29, 1.82) is 0 Å². The van der Waals surface area contributed by atoms with Gasteiger partial charge in [0.1, 0.15) is 0 Å². The van der Waals surface area contributed by atoms with E-state index in [-0.39, 0.29) is 5.91 Å². The Balaban J connectivity index is 1.93. The van der Waals surface area contributed by atoms with E-state index in [0.29, 0.717) is 28.6 Å². The lowest BCUT2D eigenvalue weighted by molar-refractivity contribution is 0.0989. The molecule has 22 heavy (non-hydrogen) atoms. The van der Waals surface area contributed by atoms with Crippen LogP contribution in [-0.2, 0) is 6.42 Å². The fraction of sp³-hybridized carbons (Fsp3) is 0.235. The Morgan fingerprint density at radius 2 is 1.86 bits per heavy atom. The Morgan fingerprint density at radius 3 is 2.59 bits per heavy atom. The summed E-state index contributed by atoms with van der Waals surface area (Å²) in [5.74, 6) is 1.10. The first kappa shape index (κ1) is 14.7. The van der Waals surface area contributed by atoms with Crippen molar-refractivity contribution in [3.63, 3.8) is 0 Å². The molecule has 5 heteroatoms. The minimum atomic E-state index is -0.0537. The number of carbonyl (C=O) groups excluding carboxylic acids is 1. The average molecular weight is 318 g/mol. The molecule has 114 valence electrons. The van der Waals surface area contributed by atoms with Crippen molar-refractivity contribution >= 4 is 23.2 Å². The zero-order valence-corrected chi connectivity index (χ0v) is 13.2. The molecule has 0 saturated heterocycles. The van der Waals surface area contributed by atoms with E-state index in [1.807, 2.05) is 12.1 Å². The smallest absolute Gasteiger partial charge is 0.258 e. The minimum absolute atomic E-state index is 0.0537. The summed E-state index contributed by atoms with van der Waals surface area (Å²) >= 11 is 6.01. The maximum Gasteiger partial charge on any atom is 0.258 e. The Labute approximate surface area is 134 Å². The summed E-state index contributed by atoms with van der Waals surface area (Å²) in [6.45, 7) is 0.656. The molecule has 1 amide bonds. The molecular weight excluding hydrogens is 302 g/mol. The van der Waals surface area contributed by atoms with Gasteiger partial charge in [-0.25, -0.2) is 0 Å². The van der Waals surface area contributed by atoms with Gasteiger partial charge in [-0.05, 0) is 48.4 Å². The van der Waals surface area contributed by atoms with E-state index in [1.54, 1.807) is 43.4 Å². The van der Waals surface area contributed by atoms with Crippen molar-refractivity contribution in [1.82, 2.24) is 0 Å². The number of hydrogen-bond donors (Lipinski definition) is 0. The predicted molar refractivity (Wildman–Crippen MR) is 86.4 cm³/mol. The van der Waals surface area contributed by atoms with E-state index < -0.39 is 0 Å². The van der Waals surface area contributed by atoms with Gasteiger partial charge in [0, 0.05) is 22.8 Å². The fourth-order valence-electron chi connectivity index (χ4n) is 2.71. The van der Waals surface area contributed by atoms with Gasteiger partial charge in [-0.1, -0.05) is 11.6 Å². The molecule has 0 atom stereocenters. The second kappa shape index (κ2) is 5.89. The van der Waals surface area contributed by atoms with Gasteiger partial charge in [0.2, 0.25) is 0 Å². The third-order valence-corrected chi connectivity index (χ3v) is 4.05. The highest BCUT2D eigenvalue weighted by atomic mass is 35.5. The monoisotopic (exact) mass is 317 g/mol. The number of carbonyl (C=O) groups is 1. The Hall–Kier alpha value is -2.20. The van der Waals surface area contributed by atoms with Gasteiger partial charge in [-0.3, -0.25) is 4.79 Å². The van der Waals surface area contributed by atoms with Crippen LogP contribution in [0.3, 0.4) is 0 Å². The molecule has 2 aromatic rings. The van der Waals surface area contributed by atoms with E-state index in [9.17, 15) is 4.79 Å². The fourth-order valence-corrected chi connectivity index (χ4v) is 2.90. The van der Waals surface area contributed by atoms with Gasteiger partial charge in [0.25, 0.3) is 5.91 Å². The molecule has 0 radical (unpaired) electrons. The van der Waals surface area contributed by atoms with Crippen molar-refractivity contribution in [2.24, 2.45) is 0 Å². The van der Waals surface area contributed by atoms with E-state index >= 15 is 0 Å². The van der Waals surface area contributed by atoms with Crippen LogP contribution in [0.25, 0.3) is 0 Å².